The molecule has 0 spiro atoms. The van der Waals surface area contributed by atoms with Crippen molar-refractivity contribution in [2.45, 2.75) is 25.1 Å². The number of hydrogen-bond donors (Lipinski definition) is 0. The molecule has 0 aliphatic carbocycles. The highest BCUT2D eigenvalue weighted by molar-refractivity contribution is 6.24. The fourth-order valence-corrected chi connectivity index (χ4v) is 2.60. The molecule has 0 heterocycles. The number of benzene rings is 1. The molecule has 2 nitrogen and oxygen atoms in total. The second-order valence-electron chi connectivity index (χ2n) is 5.11. The maximum absolute atomic E-state index is 6.89. The molecule has 0 aliphatic rings. The summed E-state index contributed by atoms with van der Waals surface area (Å²) in [5, 5.41) is 0. The van der Waals surface area contributed by atoms with Crippen molar-refractivity contribution in [2.24, 2.45) is 5.92 Å². The molecule has 0 aliphatic heterocycles. The first-order valence-electron chi connectivity index (χ1n) is 6.42. The smallest absolute Gasteiger partial charge is 0.119 e. The van der Waals surface area contributed by atoms with Crippen LogP contribution >= 0.6 is 24.0 Å². The van der Waals surface area contributed by atoms with Crippen LogP contribution in [0.3, 0.4) is 0 Å². The van der Waals surface area contributed by atoms with Crippen LogP contribution in [0.4, 0.5) is 0 Å². The van der Waals surface area contributed by atoms with Gasteiger partial charge in [0.1, 0.15) is 5.75 Å². The van der Waals surface area contributed by atoms with Crippen LogP contribution in [0.5, 0.6) is 5.75 Å². The van der Waals surface area contributed by atoms with Gasteiger partial charge in [0.25, 0.3) is 0 Å². The third-order valence-corrected chi connectivity index (χ3v) is 4.34. The van der Waals surface area contributed by atoms with Crippen LogP contribution in [0.2, 0.25) is 0 Å². The van der Waals surface area contributed by atoms with Crippen molar-refractivity contribution in [1.29, 1.82) is 0 Å². The highest BCUT2D eigenvalue weighted by atomic mass is 35.5. The van der Waals surface area contributed by atoms with Gasteiger partial charge in [0.2, 0.25) is 0 Å². The van der Waals surface area contributed by atoms with Crippen LogP contribution in [0.25, 0.3) is 0 Å². The van der Waals surface area contributed by atoms with Crippen molar-refractivity contribution in [1.82, 2.24) is 4.90 Å². The Labute approximate surface area is 128 Å². The average molecular weight is 306 g/mol. The Balaban J connectivity index is 0.00000324. The van der Waals surface area contributed by atoms with Crippen molar-refractivity contribution >= 4 is 24.0 Å². The van der Waals surface area contributed by atoms with Gasteiger partial charge in [-0.15, -0.1) is 24.0 Å². The number of halogens is 2. The Bertz CT molecular complexity index is 384. The van der Waals surface area contributed by atoms with Crippen LogP contribution in [0.1, 0.15) is 25.8 Å². The number of ether oxygens (including phenoxy) is 1. The molecule has 110 valence electrons. The minimum absolute atomic E-state index is 0. The van der Waals surface area contributed by atoms with E-state index in [1.165, 1.54) is 0 Å². The Morgan fingerprint density at radius 2 is 2.00 bits per heavy atom. The maximum Gasteiger partial charge on any atom is 0.119 e. The predicted octanol–water partition coefficient (Wildman–Crippen LogP) is 4.16. The molecule has 19 heavy (non-hydrogen) atoms. The van der Waals surface area contributed by atoms with E-state index in [9.17, 15) is 0 Å². The largest absolute Gasteiger partial charge is 0.497 e. The molecule has 1 aromatic carbocycles. The van der Waals surface area contributed by atoms with Gasteiger partial charge < -0.3 is 9.64 Å². The van der Waals surface area contributed by atoms with E-state index in [1.54, 1.807) is 7.11 Å². The fraction of sp³-hybridized carbons (Fsp3) is 0.600. The Morgan fingerprint density at radius 3 is 2.47 bits per heavy atom. The van der Waals surface area contributed by atoms with Gasteiger partial charge in [-0.1, -0.05) is 26.0 Å². The van der Waals surface area contributed by atoms with Crippen LogP contribution in [-0.2, 0) is 4.87 Å². The molecule has 0 radical (unpaired) electrons. The molecule has 1 rings (SSSR count). The van der Waals surface area contributed by atoms with Gasteiger partial charge in [-0.3, -0.25) is 0 Å². The van der Waals surface area contributed by atoms with Crippen molar-refractivity contribution < 1.29 is 4.74 Å². The van der Waals surface area contributed by atoms with Gasteiger partial charge in [-0.05, 0) is 44.1 Å². The number of rotatable bonds is 6. The van der Waals surface area contributed by atoms with Crippen molar-refractivity contribution in [3.63, 3.8) is 0 Å². The van der Waals surface area contributed by atoms with Crippen LogP contribution < -0.4 is 4.74 Å². The van der Waals surface area contributed by atoms with Gasteiger partial charge in [0.15, 0.2) is 0 Å². The van der Waals surface area contributed by atoms with Gasteiger partial charge >= 0.3 is 0 Å². The monoisotopic (exact) mass is 305 g/mol. The van der Waals surface area contributed by atoms with E-state index in [1.807, 2.05) is 18.2 Å². The summed E-state index contributed by atoms with van der Waals surface area (Å²) < 4.78 is 5.29. The molecule has 0 N–H and O–H groups in total. The molecule has 0 unspecified atom stereocenters. The molecule has 4 heteroatoms. The van der Waals surface area contributed by atoms with Crippen molar-refractivity contribution in [3.8, 4) is 5.75 Å². The standard InChI is InChI=1S/C15H24ClNO.ClH/c1-6-15(16,12(2)11-17(3)4)13-8-7-9-14(10-13)18-5;/h7-10,12H,6,11H2,1-5H3;1H/t12-,15-;/m1./s1. The number of alkyl halides is 1. The highest BCUT2D eigenvalue weighted by Crippen LogP contribution is 2.41. The zero-order chi connectivity index (χ0) is 13.8. The summed E-state index contributed by atoms with van der Waals surface area (Å²) in [5.74, 6) is 1.23. The first kappa shape index (κ1) is 18.6. The van der Waals surface area contributed by atoms with Gasteiger partial charge in [0.05, 0.1) is 12.0 Å². The van der Waals surface area contributed by atoms with Gasteiger partial charge in [-0.25, -0.2) is 0 Å². The fourth-order valence-electron chi connectivity index (χ4n) is 2.41. The van der Waals surface area contributed by atoms with Gasteiger partial charge in [-0.2, -0.15) is 0 Å². The SMILES string of the molecule is CC[C@](Cl)(c1cccc(OC)c1)[C@H](C)CN(C)C.Cl. The zero-order valence-corrected chi connectivity index (χ0v) is 14.0. The molecule has 0 bridgehead atoms. The van der Waals surface area contributed by atoms with E-state index in [-0.39, 0.29) is 17.3 Å². The third-order valence-electron chi connectivity index (χ3n) is 3.48. The maximum atomic E-state index is 6.89. The zero-order valence-electron chi connectivity index (χ0n) is 12.4. The summed E-state index contributed by atoms with van der Waals surface area (Å²) >= 11 is 6.89. The quantitative estimate of drug-likeness (QED) is 0.732. The number of methoxy groups -OCH3 is 1. The minimum atomic E-state index is -0.335. The lowest BCUT2D eigenvalue weighted by Crippen LogP contribution is -2.34. The summed E-state index contributed by atoms with van der Waals surface area (Å²) in [4.78, 5) is 1.84. The lowest BCUT2D eigenvalue weighted by atomic mass is 9.83. The molecule has 0 amide bonds. The predicted molar refractivity (Wildman–Crippen MR) is 85.8 cm³/mol. The van der Waals surface area contributed by atoms with Crippen LogP contribution in [0.15, 0.2) is 24.3 Å². The summed E-state index contributed by atoms with van der Waals surface area (Å²) in [6.45, 7) is 5.31. The molecular formula is C15H25Cl2NO. The van der Waals surface area contributed by atoms with E-state index in [2.05, 4.69) is 38.9 Å². The average Bonchev–Trinajstić information content (AvgIpc) is 2.37. The summed E-state index contributed by atoms with van der Waals surface area (Å²) in [5.41, 5.74) is 1.14. The summed E-state index contributed by atoms with van der Waals surface area (Å²) in [7, 11) is 5.84. The summed E-state index contributed by atoms with van der Waals surface area (Å²) in [6, 6.07) is 8.09. The number of hydrogen-bond acceptors (Lipinski definition) is 2. The molecule has 0 saturated heterocycles. The normalized spacial score (nSPS) is 15.5. The molecule has 0 aromatic heterocycles. The molecule has 1 aromatic rings. The Kier molecular flexibility index (Phi) is 7.80. The molecule has 2 atom stereocenters. The highest BCUT2D eigenvalue weighted by Gasteiger charge is 2.34. The van der Waals surface area contributed by atoms with E-state index in [0.29, 0.717) is 5.92 Å². The molecule has 0 saturated carbocycles. The number of nitrogens with zero attached hydrogens (tertiary/aromatic N) is 1. The molecular weight excluding hydrogens is 281 g/mol. The van der Waals surface area contributed by atoms with Gasteiger partial charge in [0, 0.05) is 6.54 Å². The first-order valence-corrected chi connectivity index (χ1v) is 6.80. The van der Waals surface area contributed by atoms with E-state index in [4.69, 9.17) is 16.3 Å². The second kappa shape index (κ2) is 7.98. The third kappa shape index (κ3) is 4.55. The lowest BCUT2D eigenvalue weighted by Gasteiger charge is -2.34. The van der Waals surface area contributed by atoms with Crippen molar-refractivity contribution in [3.05, 3.63) is 29.8 Å². The van der Waals surface area contributed by atoms with Crippen LogP contribution in [-0.4, -0.2) is 32.6 Å². The van der Waals surface area contributed by atoms with E-state index >= 15 is 0 Å². The minimum Gasteiger partial charge on any atom is -0.497 e. The first-order chi connectivity index (χ1) is 8.43. The Morgan fingerprint density at radius 1 is 1.37 bits per heavy atom. The van der Waals surface area contributed by atoms with E-state index in [0.717, 1.165) is 24.3 Å². The topological polar surface area (TPSA) is 12.5 Å². The van der Waals surface area contributed by atoms with Crippen molar-refractivity contribution in [2.75, 3.05) is 27.7 Å². The van der Waals surface area contributed by atoms with E-state index < -0.39 is 0 Å². The Hall–Kier alpha value is -0.440. The summed E-state index contributed by atoms with van der Waals surface area (Å²) in [6.07, 6.45) is 0.900. The second-order valence-corrected chi connectivity index (χ2v) is 5.79. The van der Waals surface area contributed by atoms with Crippen LogP contribution in [0, 0.1) is 5.92 Å². The lowest BCUT2D eigenvalue weighted by molar-refractivity contribution is 0.278. The molecule has 0 fully saturated rings.